The van der Waals surface area contributed by atoms with Gasteiger partial charge in [-0.05, 0) is 31.0 Å². The fraction of sp³-hybridized carbons (Fsp3) is 0.462. The second kappa shape index (κ2) is 6.58. The van der Waals surface area contributed by atoms with E-state index < -0.39 is 35.8 Å². The quantitative estimate of drug-likeness (QED) is 0.739. The standard InChI is InChI=1S/C13H17F2NO3/c1-3-11(13(18)19)16-7(2)12(17)8-4-5-9(14)10(15)6-8/h4-7,11-12,16-17H,3H2,1-2H3,(H,18,19). The van der Waals surface area contributed by atoms with Crippen molar-refractivity contribution >= 4 is 5.97 Å². The minimum Gasteiger partial charge on any atom is -0.480 e. The number of carboxylic acid groups (broad SMARTS) is 1. The van der Waals surface area contributed by atoms with Gasteiger partial charge in [-0.25, -0.2) is 8.78 Å². The molecule has 0 aliphatic heterocycles. The van der Waals surface area contributed by atoms with Crippen molar-refractivity contribution in [3.05, 3.63) is 35.4 Å². The second-order valence-electron chi connectivity index (χ2n) is 4.37. The number of carbonyl (C=O) groups is 1. The van der Waals surface area contributed by atoms with Gasteiger partial charge in [-0.1, -0.05) is 13.0 Å². The lowest BCUT2D eigenvalue weighted by Crippen LogP contribution is -2.44. The van der Waals surface area contributed by atoms with E-state index in [2.05, 4.69) is 5.32 Å². The molecule has 1 aromatic carbocycles. The number of benzene rings is 1. The lowest BCUT2D eigenvalue weighted by molar-refractivity contribution is -0.140. The maximum Gasteiger partial charge on any atom is 0.320 e. The van der Waals surface area contributed by atoms with Gasteiger partial charge < -0.3 is 10.2 Å². The van der Waals surface area contributed by atoms with Crippen molar-refractivity contribution in [2.24, 2.45) is 0 Å². The number of hydrogen-bond acceptors (Lipinski definition) is 3. The molecule has 1 rings (SSSR count). The molecule has 0 amide bonds. The number of halogens is 2. The monoisotopic (exact) mass is 273 g/mol. The Morgan fingerprint density at radius 2 is 2.00 bits per heavy atom. The Morgan fingerprint density at radius 3 is 2.47 bits per heavy atom. The van der Waals surface area contributed by atoms with Gasteiger partial charge in [0.25, 0.3) is 0 Å². The summed E-state index contributed by atoms with van der Waals surface area (Å²) in [6.07, 6.45) is -0.770. The number of nitrogens with one attached hydrogen (secondary N) is 1. The van der Waals surface area contributed by atoms with Crippen LogP contribution in [0.4, 0.5) is 8.78 Å². The van der Waals surface area contributed by atoms with Gasteiger partial charge in [0.05, 0.1) is 6.10 Å². The van der Waals surface area contributed by atoms with Crippen molar-refractivity contribution < 1.29 is 23.8 Å². The topological polar surface area (TPSA) is 69.6 Å². The summed E-state index contributed by atoms with van der Waals surface area (Å²) in [6.45, 7) is 3.28. The van der Waals surface area contributed by atoms with Crippen molar-refractivity contribution in [2.45, 2.75) is 38.5 Å². The minimum atomic E-state index is -1.12. The number of aliphatic hydroxyl groups excluding tert-OH is 1. The van der Waals surface area contributed by atoms with E-state index in [0.717, 1.165) is 12.1 Å². The van der Waals surface area contributed by atoms with Crippen LogP contribution < -0.4 is 5.32 Å². The third-order valence-electron chi connectivity index (χ3n) is 2.93. The lowest BCUT2D eigenvalue weighted by Gasteiger charge is -2.24. The summed E-state index contributed by atoms with van der Waals surface area (Å²) >= 11 is 0. The molecule has 3 N–H and O–H groups in total. The highest BCUT2D eigenvalue weighted by atomic mass is 19.2. The molecule has 0 aliphatic rings. The Hall–Kier alpha value is -1.53. The molecule has 19 heavy (non-hydrogen) atoms. The SMILES string of the molecule is CCC(NC(C)C(O)c1ccc(F)c(F)c1)C(=O)O. The van der Waals surface area contributed by atoms with Crippen LogP contribution in [-0.4, -0.2) is 28.3 Å². The van der Waals surface area contributed by atoms with Crippen LogP contribution in [0, 0.1) is 11.6 Å². The molecule has 106 valence electrons. The van der Waals surface area contributed by atoms with Gasteiger partial charge in [0.15, 0.2) is 11.6 Å². The lowest BCUT2D eigenvalue weighted by atomic mass is 10.0. The number of aliphatic carboxylic acids is 1. The Labute approximate surface area is 110 Å². The van der Waals surface area contributed by atoms with E-state index in [1.54, 1.807) is 13.8 Å². The molecule has 0 fully saturated rings. The van der Waals surface area contributed by atoms with Gasteiger partial charge >= 0.3 is 5.97 Å². The Morgan fingerprint density at radius 1 is 1.37 bits per heavy atom. The molecule has 0 saturated carbocycles. The predicted molar refractivity (Wildman–Crippen MR) is 65.6 cm³/mol. The first-order chi connectivity index (χ1) is 8.86. The molecule has 0 bridgehead atoms. The van der Waals surface area contributed by atoms with Gasteiger partial charge in [0.1, 0.15) is 6.04 Å². The summed E-state index contributed by atoms with van der Waals surface area (Å²) in [7, 11) is 0. The minimum absolute atomic E-state index is 0.194. The highest BCUT2D eigenvalue weighted by Crippen LogP contribution is 2.19. The van der Waals surface area contributed by atoms with Crippen molar-refractivity contribution in [3.8, 4) is 0 Å². The van der Waals surface area contributed by atoms with Crippen LogP contribution in [-0.2, 0) is 4.79 Å². The van der Waals surface area contributed by atoms with E-state index in [0.29, 0.717) is 6.42 Å². The largest absolute Gasteiger partial charge is 0.480 e. The van der Waals surface area contributed by atoms with Crippen LogP contribution in [0.15, 0.2) is 18.2 Å². The summed E-state index contributed by atoms with van der Waals surface area (Å²) in [5.41, 5.74) is 0.194. The van der Waals surface area contributed by atoms with Crippen LogP contribution in [0.2, 0.25) is 0 Å². The van der Waals surface area contributed by atoms with E-state index in [-0.39, 0.29) is 5.56 Å². The second-order valence-corrected chi connectivity index (χ2v) is 4.37. The Bertz CT molecular complexity index is 454. The van der Waals surface area contributed by atoms with Crippen LogP contribution in [0.3, 0.4) is 0 Å². The van der Waals surface area contributed by atoms with Gasteiger partial charge in [0.2, 0.25) is 0 Å². The first-order valence-electron chi connectivity index (χ1n) is 5.98. The maximum absolute atomic E-state index is 13.1. The first kappa shape index (κ1) is 15.5. The smallest absolute Gasteiger partial charge is 0.320 e. The number of carboxylic acids is 1. The normalized spacial score (nSPS) is 15.8. The van der Waals surface area contributed by atoms with Gasteiger partial charge in [-0.15, -0.1) is 0 Å². The van der Waals surface area contributed by atoms with Crippen molar-refractivity contribution in [1.29, 1.82) is 0 Å². The summed E-state index contributed by atoms with van der Waals surface area (Å²) in [6, 6.07) is 1.69. The van der Waals surface area contributed by atoms with Crippen LogP contribution in [0.1, 0.15) is 31.9 Å². The Kier molecular flexibility index (Phi) is 5.38. The highest BCUT2D eigenvalue weighted by molar-refractivity contribution is 5.73. The van der Waals surface area contributed by atoms with Crippen molar-refractivity contribution in [3.63, 3.8) is 0 Å². The first-order valence-corrected chi connectivity index (χ1v) is 5.98. The van der Waals surface area contributed by atoms with Gasteiger partial charge in [-0.2, -0.15) is 0 Å². The number of aliphatic hydroxyl groups is 1. The molecule has 0 heterocycles. The molecular weight excluding hydrogens is 256 g/mol. The van der Waals surface area contributed by atoms with Crippen LogP contribution in [0.25, 0.3) is 0 Å². The highest BCUT2D eigenvalue weighted by Gasteiger charge is 2.23. The summed E-state index contributed by atoms with van der Waals surface area (Å²) in [5, 5.41) is 21.6. The Balaban J connectivity index is 2.78. The molecule has 0 saturated heterocycles. The molecule has 3 atom stereocenters. The zero-order chi connectivity index (χ0) is 14.6. The summed E-state index contributed by atoms with van der Waals surface area (Å²) < 4.78 is 25.8. The molecule has 1 aromatic rings. The van der Waals surface area contributed by atoms with Gasteiger partial charge in [-0.3, -0.25) is 10.1 Å². The third-order valence-corrected chi connectivity index (χ3v) is 2.93. The molecule has 0 radical (unpaired) electrons. The van der Waals surface area contributed by atoms with E-state index in [1.807, 2.05) is 0 Å². The van der Waals surface area contributed by atoms with E-state index >= 15 is 0 Å². The fourth-order valence-corrected chi connectivity index (χ4v) is 1.76. The molecule has 0 aromatic heterocycles. The molecule has 0 aliphatic carbocycles. The van der Waals surface area contributed by atoms with Gasteiger partial charge in [0, 0.05) is 6.04 Å². The van der Waals surface area contributed by atoms with Crippen LogP contribution >= 0.6 is 0 Å². The van der Waals surface area contributed by atoms with Crippen molar-refractivity contribution in [2.75, 3.05) is 0 Å². The average molecular weight is 273 g/mol. The number of hydrogen-bond donors (Lipinski definition) is 3. The van der Waals surface area contributed by atoms with Crippen LogP contribution in [0.5, 0.6) is 0 Å². The van der Waals surface area contributed by atoms with Crippen molar-refractivity contribution in [1.82, 2.24) is 5.32 Å². The molecule has 3 unspecified atom stereocenters. The maximum atomic E-state index is 13.1. The molecule has 6 heteroatoms. The fourth-order valence-electron chi connectivity index (χ4n) is 1.76. The molecular formula is C13H17F2NO3. The zero-order valence-electron chi connectivity index (χ0n) is 10.7. The average Bonchev–Trinajstić information content (AvgIpc) is 2.37. The molecule has 0 spiro atoms. The number of rotatable bonds is 6. The van der Waals surface area contributed by atoms with E-state index in [9.17, 15) is 18.7 Å². The molecule has 4 nitrogen and oxygen atoms in total. The van der Waals surface area contributed by atoms with E-state index in [1.165, 1.54) is 6.07 Å². The summed E-state index contributed by atoms with van der Waals surface area (Å²) in [4.78, 5) is 10.9. The third kappa shape index (κ3) is 3.97. The van der Waals surface area contributed by atoms with E-state index in [4.69, 9.17) is 5.11 Å². The predicted octanol–water partition coefficient (Wildman–Crippen LogP) is 1.84. The zero-order valence-corrected chi connectivity index (χ0v) is 10.7. The summed E-state index contributed by atoms with van der Waals surface area (Å²) in [5.74, 6) is -3.06.